The van der Waals surface area contributed by atoms with Crippen molar-refractivity contribution in [1.29, 1.82) is 5.26 Å². The van der Waals surface area contributed by atoms with Crippen molar-refractivity contribution in [3.8, 4) is 17.3 Å². The van der Waals surface area contributed by atoms with E-state index in [2.05, 4.69) is 41.7 Å². The number of amides is 1. The van der Waals surface area contributed by atoms with Crippen molar-refractivity contribution in [2.75, 3.05) is 25.5 Å². The zero-order valence-corrected chi connectivity index (χ0v) is 15.6. The van der Waals surface area contributed by atoms with Gasteiger partial charge in [0, 0.05) is 11.6 Å². The molecular formula is C22H24N4O. The van der Waals surface area contributed by atoms with E-state index in [4.69, 9.17) is 0 Å². The van der Waals surface area contributed by atoms with Gasteiger partial charge in [-0.25, -0.2) is 0 Å². The van der Waals surface area contributed by atoms with Crippen LogP contribution in [-0.4, -0.2) is 35.8 Å². The van der Waals surface area contributed by atoms with E-state index >= 15 is 0 Å². The van der Waals surface area contributed by atoms with Gasteiger partial charge in [0.1, 0.15) is 0 Å². The van der Waals surface area contributed by atoms with Crippen LogP contribution in [0.2, 0.25) is 0 Å². The SMILES string of the molecule is CN1CCC(C(=O)Nc2cc3c(c(-c4ccccc4)c2)CN(C#N)C3)CC1. The minimum absolute atomic E-state index is 0.0743. The topological polar surface area (TPSA) is 59.4 Å². The highest BCUT2D eigenvalue weighted by atomic mass is 16.1. The lowest BCUT2D eigenvalue weighted by atomic mass is 9.94. The van der Waals surface area contributed by atoms with Gasteiger partial charge in [0.2, 0.25) is 5.91 Å². The van der Waals surface area contributed by atoms with E-state index < -0.39 is 0 Å². The van der Waals surface area contributed by atoms with Crippen LogP contribution in [0.1, 0.15) is 24.0 Å². The molecule has 0 atom stereocenters. The Bertz CT molecular complexity index is 879. The van der Waals surface area contributed by atoms with Gasteiger partial charge in [-0.05, 0) is 67.4 Å². The van der Waals surface area contributed by atoms with Gasteiger partial charge in [-0.15, -0.1) is 0 Å². The summed E-state index contributed by atoms with van der Waals surface area (Å²) in [6.07, 6.45) is 4.05. The molecule has 0 bridgehead atoms. The summed E-state index contributed by atoms with van der Waals surface area (Å²) >= 11 is 0. The number of hydrogen-bond donors (Lipinski definition) is 1. The first-order valence-corrected chi connectivity index (χ1v) is 9.49. The Morgan fingerprint density at radius 2 is 1.89 bits per heavy atom. The lowest BCUT2D eigenvalue weighted by Gasteiger charge is -2.28. The molecule has 1 N–H and O–H groups in total. The maximum atomic E-state index is 12.8. The largest absolute Gasteiger partial charge is 0.326 e. The average molecular weight is 360 g/mol. The molecule has 0 radical (unpaired) electrons. The third kappa shape index (κ3) is 3.67. The summed E-state index contributed by atoms with van der Waals surface area (Å²) in [5.41, 5.74) is 5.35. The quantitative estimate of drug-likeness (QED) is 0.852. The molecule has 2 aromatic rings. The van der Waals surface area contributed by atoms with Crippen molar-refractivity contribution in [2.45, 2.75) is 25.9 Å². The van der Waals surface area contributed by atoms with Crippen molar-refractivity contribution in [3.63, 3.8) is 0 Å². The summed E-state index contributed by atoms with van der Waals surface area (Å²) < 4.78 is 0. The van der Waals surface area contributed by atoms with Crippen molar-refractivity contribution in [1.82, 2.24) is 9.80 Å². The smallest absolute Gasteiger partial charge is 0.227 e. The van der Waals surface area contributed by atoms with Gasteiger partial charge < -0.3 is 15.1 Å². The van der Waals surface area contributed by atoms with E-state index in [-0.39, 0.29) is 11.8 Å². The number of benzene rings is 2. The minimum atomic E-state index is 0.0743. The summed E-state index contributed by atoms with van der Waals surface area (Å²) in [5.74, 6) is 0.183. The van der Waals surface area contributed by atoms with Crippen LogP contribution in [0.25, 0.3) is 11.1 Å². The number of piperidine rings is 1. The number of carbonyl (C=O) groups excluding carboxylic acids is 1. The number of carbonyl (C=O) groups is 1. The molecule has 4 rings (SSSR count). The molecular weight excluding hydrogens is 336 g/mol. The Balaban J connectivity index is 1.63. The standard InChI is InChI=1S/C22H24N4O/c1-25-9-7-17(8-10-25)22(27)24-19-11-18-13-26(15-23)14-21(18)20(12-19)16-5-3-2-4-6-16/h2-6,11-12,17H,7-10,13-14H2,1H3,(H,24,27). The molecule has 2 aromatic carbocycles. The number of fused-ring (bicyclic) bond motifs is 1. The number of nitrogens with zero attached hydrogens (tertiary/aromatic N) is 3. The molecule has 1 fully saturated rings. The van der Waals surface area contributed by atoms with Gasteiger partial charge >= 0.3 is 0 Å². The molecule has 0 spiro atoms. The van der Waals surface area contributed by atoms with Gasteiger partial charge in [-0.1, -0.05) is 30.3 Å². The molecule has 0 saturated carbocycles. The molecule has 2 aliphatic rings. The predicted octanol–water partition coefficient (Wildman–Crippen LogP) is 3.43. The van der Waals surface area contributed by atoms with E-state index in [1.54, 1.807) is 4.90 Å². The number of nitriles is 1. The fourth-order valence-corrected chi connectivity index (χ4v) is 4.05. The zero-order valence-electron chi connectivity index (χ0n) is 15.6. The van der Waals surface area contributed by atoms with Crippen molar-refractivity contribution in [3.05, 3.63) is 53.6 Å². The Hall–Kier alpha value is -2.84. The number of anilines is 1. The molecule has 2 heterocycles. The highest BCUT2D eigenvalue weighted by Crippen LogP contribution is 2.35. The van der Waals surface area contributed by atoms with Crippen molar-refractivity contribution in [2.24, 2.45) is 5.92 Å². The molecule has 27 heavy (non-hydrogen) atoms. The lowest BCUT2D eigenvalue weighted by molar-refractivity contribution is -0.121. The first-order valence-electron chi connectivity index (χ1n) is 9.49. The molecule has 1 saturated heterocycles. The van der Waals surface area contributed by atoms with Gasteiger partial charge in [-0.3, -0.25) is 4.79 Å². The van der Waals surface area contributed by atoms with Crippen LogP contribution in [-0.2, 0) is 17.9 Å². The van der Waals surface area contributed by atoms with E-state index in [0.717, 1.165) is 48.3 Å². The monoisotopic (exact) mass is 360 g/mol. The molecule has 2 aliphatic heterocycles. The van der Waals surface area contributed by atoms with E-state index in [1.807, 2.05) is 24.3 Å². The number of likely N-dealkylation sites (tertiary alicyclic amines) is 1. The third-order valence-corrected chi connectivity index (χ3v) is 5.64. The van der Waals surface area contributed by atoms with Crippen LogP contribution < -0.4 is 5.32 Å². The Morgan fingerprint density at radius 1 is 1.15 bits per heavy atom. The van der Waals surface area contributed by atoms with Crippen molar-refractivity contribution < 1.29 is 4.79 Å². The predicted molar refractivity (Wildman–Crippen MR) is 106 cm³/mol. The molecule has 0 aromatic heterocycles. The second-order valence-electron chi connectivity index (χ2n) is 7.55. The van der Waals surface area contributed by atoms with Gasteiger partial charge in [0.25, 0.3) is 0 Å². The summed E-state index contributed by atoms with van der Waals surface area (Å²) in [6.45, 7) is 3.16. The summed E-state index contributed by atoms with van der Waals surface area (Å²) in [7, 11) is 2.10. The minimum Gasteiger partial charge on any atom is -0.326 e. The maximum absolute atomic E-state index is 12.8. The van der Waals surface area contributed by atoms with Gasteiger partial charge in [0.15, 0.2) is 6.19 Å². The van der Waals surface area contributed by atoms with E-state index in [9.17, 15) is 10.1 Å². The van der Waals surface area contributed by atoms with Crippen LogP contribution in [0.5, 0.6) is 0 Å². The molecule has 138 valence electrons. The molecule has 1 amide bonds. The normalized spacial score (nSPS) is 17.4. The second kappa shape index (κ2) is 7.42. The highest BCUT2D eigenvalue weighted by molar-refractivity contribution is 5.93. The Kier molecular flexibility index (Phi) is 4.83. The fraction of sp³-hybridized carbons (Fsp3) is 0.364. The zero-order chi connectivity index (χ0) is 18.8. The molecule has 5 heteroatoms. The second-order valence-corrected chi connectivity index (χ2v) is 7.55. The first kappa shape index (κ1) is 17.6. The highest BCUT2D eigenvalue weighted by Gasteiger charge is 2.26. The summed E-state index contributed by atoms with van der Waals surface area (Å²) in [4.78, 5) is 16.8. The van der Waals surface area contributed by atoms with Crippen LogP contribution in [0.3, 0.4) is 0 Å². The maximum Gasteiger partial charge on any atom is 0.227 e. The number of nitrogens with one attached hydrogen (secondary N) is 1. The first-order chi connectivity index (χ1) is 13.1. The lowest BCUT2D eigenvalue weighted by Crippen LogP contribution is -2.35. The summed E-state index contributed by atoms with van der Waals surface area (Å²) in [5, 5.41) is 12.4. The Morgan fingerprint density at radius 3 is 2.59 bits per heavy atom. The Labute approximate surface area is 160 Å². The van der Waals surface area contributed by atoms with E-state index in [1.165, 1.54) is 5.56 Å². The third-order valence-electron chi connectivity index (χ3n) is 5.64. The molecule has 5 nitrogen and oxygen atoms in total. The summed E-state index contributed by atoms with van der Waals surface area (Å²) in [6, 6.07) is 14.3. The average Bonchev–Trinajstić information content (AvgIpc) is 3.11. The van der Waals surface area contributed by atoms with Crippen molar-refractivity contribution >= 4 is 11.6 Å². The fourth-order valence-electron chi connectivity index (χ4n) is 4.05. The molecule has 0 aliphatic carbocycles. The van der Waals surface area contributed by atoms with Crippen LogP contribution >= 0.6 is 0 Å². The van der Waals surface area contributed by atoms with E-state index in [0.29, 0.717) is 13.1 Å². The van der Waals surface area contributed by atoms with Crippen LogP contribution in [0, 0.1) is 17.4 Å². The van der Waals surface area contributed by atoms with Crippen LogP contribution in [0.4, 0.5) is 5.69 Å². The number of rotatable bonds is 3. The van der Waals surface area contributed by atoms with Gasteiger partial charge in [-0.2, -0.15) is 5.26 Å². The molecule has 0 unspecified atom stereocenters. The van der Waals surface area contributed by atoms with Gasteiger partial charge in [0.05, 0.1) is 13.1 Å². The van der Waals surface area contributed by atoms with Crippen LogP contribution in [0.15, 0.2) is 42.5 Å². The number of hydrogen-bond acceptors (Lipinski definition) is 4.